The van der Waals surface area contributed by atoms with Crippen LogP contribution in [0, 0.1) is 11.6 Å². The van der Waals surface area contributed by atoms with E-state index in [0.29, 0.717) is 36.8 Å². The van der Waals surface area contributed by atoms with Crippen LogP contribution in [0.15, 0.2) is 78.9 Å². The molecule has 3 rings (SSSR count). The van der Waals surface area contributed by atoms with Crippen molar-refractivity contribution in [1.29, 1.82) is 0 Å². The third-order valence-electron chi connectivity index (χ3n) is 5.80. The number of methoxy groups -OCH3 is 1. The minimum Gasteiger partial charge on any atom is -0.497 e. The SMILES string of the molecule is C=C(/C=C(/F)C(=C)/C=C/c1ccc(-c2ccc(C3CCC(O)CC3)c(F)c2F)cc1)OC. The molecule has 5 heteroatoms. The van der Waals surface area contributed by atoms with Crippen LogP contribution >= 0.6 is 0 Å². The first-order valence-corrected chi connectivity index (χ1v) is 10.5. The lowest BCUT2D eigenvalue weighted by Crippen LogP contribution is -2.18. The first-order chi connectivity index (χ1) is 15.3. The Hall–Kier alpha value is -3.05. The molecule has 1 aliphatic rings. The average Bonchev–Trinajstić information content (AvgIpc) is 2.80. The van der Waals surface area contributed by atoms with Gasteiger partial charge in [-0.2, -0.15) is 0 Å². The molecule has 1 saturated carbocycles. The van der Waals surface area contributed by atoms with Crippen LogP contribution in [0.3, 0.4) is 0 Å². The van der Waals surface area contributed by atoms with Crippen LogP contribution in [0.5, 0.6) is 0 Å². The van der Waals surface area contributed by atoms with Gasteiger partial charge < -0.3 is 9.84 Å². The summed E-state index contributed by atoms with van der Waals surface area (Å²) in [5.74, 6) is -2.13. The van der Waals surface area contributed by atoms with Gasteiger partial charge in [0.25, 0.3) is 0 Å². The van der Waals surface area contributed by atoms with E-state index in [1.54, 1.807) is 42.5 Å². The van der Waals surface area contributed by atoms with Gasteiger partial charge in [0.15, 0.2) is 11.6 Å². The van der Waals surface area contributed by atoms with Gasteiger partial charge in [0, 0.05) is 17.2 Å². The van der Waals surface area contributed by atoms with E-state index in [4.69, 9.17) is 4.74 Å². The Kier molecular flexibility index (Phi) is 7.75. The van der Waals surface area contributed by atoms with E-state index in [-0.39, 0.29) is 28.9 Å². The van der Waals surface area contributed by atoms with Crippen LogP contribution in [-0.2, 0) is 4.74 Å². The second kappa shape index (κ2) is 10.5. The summed E-state index contributed by atoms with van der Waals surface area (Å²) in [6.45, 7) is 7.19. The Balaban J connectivity index is 1.74. The quantitative estimate of drug-likeness (QED) is 0.363. The molecule has 2 nitrogen and oxygen atoms in total. The highest BCUT2D eigenvalue weighted by molar-refractivity contribution is 5.67. The van der Waals surface area contributed by atoms with E-state index >= 15 is 0 Å². The molecule has 0 radical (unpaired) electrons. The number of aliphatic hydroxyl groups is 1. The fraction of sp³-hybridized carbons (Fsp3) is 0.259. The molecule has 0 heterocycles. The van der Waals surface area contributed by atoms with Crippen molar-refractivity contribution >= 4 is 6.08 Å². The maximum Gasteiger partial charge on any atom is 0.166 e. The number of rotatable bonds is 7. The van der Waals surface area contributed by atoms with E-state index in [0.717, 1.165) is 11.6 Å². The van der Waals surface area contributed by atoms with Gasteiger partial charge in [-0.05, 0) is 48.3 Å². The zero-order valence-corrected chi connectivity index (χ0v) is 18.1. The highest BCUT2D eigenvalue weighted by atomic mass is 19.2. The minimum atomic E-state index is -0.865. The van der Waals surface area contributed by atoms with Crippen LogP contribution < -0.4 is 0 Å². The smallest absolute Gasteiger partial charge is 0.166 e. The van der Waals surface area contributed by atoms with Gasteiger partial charge in [0.1, 0.15) is 11.6 Å². The van der Waals surface area contributed by atoms with Gasteiger partial charge in [-0.15, -0.1) is 0 Å². The molecule has 0 atom stereocenters. The van der Waals surface area contributed by atoms with Crippen molar-refractivity contribution in [2.24, 2.45) is 0 Å². The summed E-state index contributed by atoms with van der Waals surface area (Å²) in [4.78, 5) is 0. The molecule has 32 heavy (non-hydrogen) atoms. The summed E-state index contributed by atoms with van der Waals surface area (Å²) in [5.41, 5.74) is 2.03. The fourth-order valence-electron chi connectivity index (χ4n) is 3.83. The highest BCUT2D eigenvalue weighted by Gasteiger charge is 2.25. The van der Waals surface area contributed by atoms with Gasteiger partial charge in [-0.25, -0.2) is 13.2 Å². The van der Waals surface area contributed by atoms with Crippen LogP contribution in [0.25, 0.3) is 17.2 Å². The lowest BCUT2D eigenvalue weighted by Gasteiger charge is -2.26. The molecule has 0 spiro atoms. The number of allylic oxidation sites excluding steroid dienone is 4. The summed E-state index contributed by atoms with van der Waals surface area (Å²) in [6, 6.07) is 10.1. The number of benzene rings is 2. The first-order valence-electron chi connectivity index (χ1n) is 10.5. The molecule has 1 fully saturated rings. The monoisotopic (exact) mass is 440 g/mol. The molecule has 1 N–H and O–H groups in total. The van der Waals surface area contributed by atoms with E-state index in [1.165, 1.54) is 13.2 Å². The molecule has 0 aliphatic heterocycles. The standard InChI is InChI=1S/C27H27F3O2/c1-17(25(28)16-18(2)32-3)4-5-19-6-8-20(9-7-19)23-14-15-24(27(30)26(23)29)21-10-12-22(31)13-11-21/h4-9,14-16,21-22,31H,1-2,10-13H2,3H3/b5-4+,25-16+. The van der Waals surface area contributed by atoms with Gasteiger partial charge >= 0.3 is 0 Å². The number of hydrogen-bond donors (Lipinski definition) is 1. The zero-order valence-electron chi connectivity index (χ0n) is 18.1. The summed E-state index contributed by atoms with van der Waals surface area (Å²) < 4.78 is 48.4. The number of hydrogen-bond acceptors (Lipinski definition) is 2. The lowest BCUT2D eigenvalue weighted by atomic mass is 9.82. The molecular weight excluding hydrogens is 413 g/mol. The van der Waals surface area contributed by atoms with Crippen LogP contribution in [0.2, 0.25) is 0 Å². The number of ether oxygens (including phenoxy) is 1. The molecule has 0 aromatic heterocycles. The maximum atomic E-state index is 14.8. The van der Waals surface area contributed by atoms with Crippen LogP contribution in [-0.4, -0.2) is 18.3 Å². The van der Waals surface area contributed by atoms with Crippen molar-refractivity contribution in [3.63, 3.8) is 0 Å². The Morgan fingerprint density at radius 1 is 1.00 bits per heavy atom. The fourth-order valence-corrected chi connectivity index (χ4v) is 3.83. The Morgan fingerprint density at radius 3 is 2.28 bits per heavy atom. The molecule has 0 amide bonds. The Bertz CT molecular complexity index is 1040. The van der Waals surface area contributed by atoms with Crippen molar-refractivity contribution in [3.8, 4) is 11.1 Å². The second-order valence-corrected chi connectivity index (χ2v) is 7.98. The summed E-state index contributed by atoms with van der Waals surface area (Å²) in [5, 5.41) is 9.65. The molecular formula is C27H27F3O2. The highest BCUT2D eigenvalue weighted by Crippen LogP contribution is 2.37. The molecule has 0 bridgehead atoms. The molecule has 168 valence electrons. The second-order valence-electron chi connectivity index (χ2n) is 7.98. The van der Waals surface area contributed by atoms with Gasteiger partial charge in [0.05, 0.1) is 13.2 Å². The average molecular weight is 441 g/mol. The summed E-state index contributed by atoms with van der Waals surface area (Å²) in [7, 11) is 1.40. The summed E-state index contributed by atoms with van der Waals surface area (Å²) >= 11 is 0. The first kappa shape index (κ1) is 23.6. The van der Waals surface area contributed by atoms with Crippen molar-refractivity contribution in [2.75, 3.05) is 7.11 Å². The molecule has 2 aromatic carbocycles. The third kappa shape index (κ3) is 5.60. The van der Waals surface area contributed by atoms with Crippen LogP contribution in [0.4, 0.5) is 13.2 Å². The topological polar surface area (TPSA) is 29.5 Å². The predicted molar refractivity (Wildman–Crippen MR) is 123 cm³/mol. The minimum absolute atomic E-state index is 0.0712. The van der Waals surface area contributed by atoms with E-state index in [9.17, 15) is 18.3 Å². The molecule has 0 saturated heterocycles. The molecule has 2 aromatic rings. The van der Waals surface area contributed by atoms with Crippen molar-refractivity contribution < 1.29 is 23.0 Å². The van der Waals surface area contributed by atoms with Crippen molar-refractivity contribution in [3.05, 3.63) is 102 Å². The number of halogens is 3. The van der Waals surface area contributed by atoms with E-state index in [2.05, 4.69) is 13.2 Å². The van der Waals surface area contributed by atoms with Gasteiger partial charge in [-0.3, -0.25) is 0 Å². The Labute approximate surface area is 187 Å². The van der Waals surface area contributed by atoms with Crippen molar-refractivity contribution in [2.45, 2.75) is 37.7 Å². The lowest BCUT2D eigenvalue weighted by molar-refractivity contribution is 0.122. The van der Waals surface area contributed by atoms with Crippen LogP contribution in [0.1, 0.15) is 42.7 Å². The van der Waals surface area contributed by atoms with E-state index < -0.39 is 17.5 Å². The zero-order chi connectivity index (χ0) is 23.3. The largest absolute Gasteiger partial charge is 0.497 e. The van der Waals surface area contributed by atoms with Gasteiger partial charge in [0.2, 0.25) is 0 Å². The van der Waals surface area contributed by atoms with Crippen molar-refractivity contribution in [1.82, 2.24) is 0 Å². The third-order valence-corrected chi connectivity index (χ3v) is 5.80. The Morgan fingerprint density at radius 2 is 1.66 bits per heavy atom. The normalized spacial score (nSPS) is 19.2. The summed E-state index contributed by atoms with van der Waals surface area (Å²) in [6.07, 6.45) is 6.50. The van der Waals surface area contributed by atoms with E-state index in [1.807, 2.05) is 0 Å². The predicted octanol–water partition coefficient (Wildman–Crippen LogP) is 7.23. The maximum absolute atomic E-state index is 14.8. The number of aliphatic hydroxyl groups excluding tert-OH is 1. The molecule has 0 unspecified atom stereocenters. The molecule has 1 aliphatic carbocycles. The van der Waals surface area contributed by atoms with Gasteiger partial charge in [-0.1, -0.05) is 61.7 Å².